The molecule has 0 aliphatic carbocycles. The molecule has 0 aliphatic heterocycles. The summed E-state index contributed by atoms with van der Waals surface area (Å²) in [5.74, 6) is -3.93. The summed E-state index contributed by atoms with van der Waals surface area (Å²) in [4.78, 5) is 25.4. The van der Waals surface area contributed by atoms with Gasteiger partial charge in [0, 0.05) is 12.4 Å². The minimum Gasteiger partial charge on any atom is -0.504 e. The number of phenolic OH excluding ortho intramolecular Hbond substituents is 4. The van der Waals surface area contributed by atoms with Crippen molar-refractivity contribution in [2.45, 2.75) is 0 Å². The first-order valence-electron chi connectivity index (χ1n) is 7.99. The van der Waals surface area contributed by atoms with Crippen LogP contribution in [0, 0.1) is 0 Å². The van der Waals surface area contributed by atoms with Gasteiger partial charge in [0.05, 0.1) is 15.6 Å². The third-order valence-electron chi connectivity index (χ3n) is 3.67. The first kappa shape index (κ1) is 21.4. The molecule has 0 atom stereocenters. The normalized spacial score (nSPS) is 10.7. The van der Waals surface area contributed by atoms with Crippen LogP contribution in [-0.4, -0.2) is 53.6 Å². The van der Waals surface area contributed by atoms with E-state index in [-0.39, 0.29) is 41.0 Å². The molecule has 158 valence electrons. The first-order valence-corrected chi connectivity index (χ1v) is 9.57. The molecule has 7 N–H and O–H groups in total. The van der Waals surface area contributed by atoms with Gasteiger partial charge in [0.15, 0.2) is 23.0 Å². The van der Waals surface area contributed by atoms with Crippen LogP contribution in [0.25, 0.3) is 11.1 Å². The van der Waals surface area contributed by atoms with Crippen molar-refractivity contribution in [1.29, 1.82) is 0 Å². The average Bonchev–Trinajstić information content (AvgIpc) is 2.71. The van der Waals surface area contributed by atoms with Crippen molar-refractivity contribution in [3.8, 4) is 46.0 Å². The molecule has 0 amide bonds. The molecule has 0 radical (unpaired) electrons. The maximum Gasteiger partial charge on any atom is 0.349 e. The lowest BCUT2D eigenvalue weighted by atomic mass is 10.0. The molecule has 0 bridgehead atoms. The number of halogens is 2. The van der Waals surface area contributed by atoms with Gasteiger partial charge in [-0.25, -0.2) is 14.8 Å². The molecular formula is C16H13Br2N5O7. The monoisotopic (exact) mass is 545 g/mol. The zero-order valence-electron chi connectivity index (χ0n) is 14.8. The van der Waals surface area contributed by atoms with Gasteiger partial charge in [-0.2, -0.15) is 4.98 Å². The molecule has 2 heterocycles. The Kier molecular flexibility index (Phi) is 6.17. The van der Waals surface area contributed by atoms with E-state index in [4.69, 9.17) is 15.2 Å². The first-order chi connectivity index (χ1) is 14.2. The largest absolute Gasteiger partial charge is 0.504 e. The zero-order chi connectivity index (χ0) is 22.0. The van der Waals surface area contributed by atoms with Gasteiger partial charge < -0.3 is 35.6 Å². The molecule has 0 saturated carbocycles. The quantitative estimate of drug-likeness (QED) is 0.149. The lowest BCUT2D eigenvalue weighted by Gasteiger charge is -2.16. The molecular weight excluding hydrogens is 534 g/mol. The van der Waals surface area contributed by atoms with Crippen LogP contribution < -0.4 is 20.9 Å². The molecule has 0 aliphatic rings. The van der Waals surface area contributed by atoms with Crippen LogP contribution in [0.2, 0.25) is 0 Å². The maximum atomic E-state index is 11.7. The van der Waals surface area contributed by atoms with Crippen LogP contribution in [0.1, 0.15) is 0 Å². The molecule has 0 saturated heterocycles. The van der Waals surface area contributed by atoms with E-state index in [0.717, 1.165) is 0 Å². The van der Waals surface area contributed by atoms with Crippen molar-refractivity contribution < 1.29 is 29.9 Å². The molecule has 2 aromatic heterocycles. The van der Waals surface area contributed by atoms with Crippen molar-refractivity contribution in [3.63, 3.8) is 0 Å². The van der Waals surface area contributed by atoms with Crippen LogP contribution in [0.3, 0.4) is 0 Å². The van der Waals surface area contributed by atoms with Gasteiger partial charge in [-0.05, 0) is 31.9 Å². The van der Waals surface area contributed by atoms with E-state index in [1.165, 1.54) is 12.4 Å². The number of benzene rings is 1. The van der Waals surface area contributed by atoms with Crippen LogP contribution >= 0.6 is 31.9 Å². The van der Waals surface area contributed by atoms with Gasteiger partial charge in [-0.1, -0.05) is 0 Å². The fourth-order valence-electron chi connectivity index (χ4n) is 2.37. The van der Waals surface area contributed by atoms with Crippen molar-refractivity contribution in [2.24, 2.45) is 0 Å². The fourth-order valence-corrected chi connectivity index (χ4v) is 2.95. The Labute approximate surface area is 184 Å². The molecule has 3 aromatic rings. The molecule has 0 spiro atoms. The van der Waals surface area contributed by atoms with E-state index in [9.17, 15) is 25.2 Å². The third-order valence-corrected chi connectivity index (χ3v) is 4.83. The Balaban J connectivity index is 1.92. The zero-order valence-corrected chi connectivity index (χ0v) is 17.9. The summed E-state index contributed by atoms with van der Waals surface area (Å²) >= 11 is 6.02. The number of anilines is 1. The highest BCUT2D eigenvalue weighted by atomic mass is 79.9. The number of phenols is 4. The lowest BCUT2D eigenvalue weighted by Crippen LogP contribution is -2.18. The maximum absolute atomic E-state index is 11.7. The van der Waals surface area contributed by atoms with E-state index in [1.807, 2.05) is 0 Å². The highest BCUT2D eigenvalue weighted by Crippen LogP contribution is 2.55. The van der Waals surface area contributed by atoms with Crippen LogP contribution in [0.15, 0.2) is 26.1 Å². The van der Waals surface area contributed by atoms with E-state index in [1.54, 1.807) is 0 Å². The second-order valence-electron chi connectivity index (χ2n) is 5.60. The van der Waals surface area contributed by atoms with E-state index in [0.29, 0.717) is 4.47 Å². The number of rotatable bonds is 6. The smallest absolute Gasteiger partial charge is 0.349 e. The number of aromatic amines is 1. The molecule has 14 heteroatoms. The van der Waals surface area contributed by atoms with E-state index >= 15 is 0 Å². The average molecular weight is 547 g/mol. The highest BCUT2D eigenvalue weighted by molar-refractivity contribution is 9.11. The number of hydrogen-bond donors (Lipinski definition) is 6. The summed E-state index contributed by atoms with van der Waals surface area (Å²) in [6.07, 6.45) is 2.97. The number of H-pyrrole nitrogens is 1. The minimum atomic E-state index is -0.868. The highest BCUT2D eigenvalue weighted by Gasteiger charge is 2.28. The van der Waals surface area contributed by atoms with Crippen LogP contribution in [0.4, 0.5) is 5.82 Å². The second-order valence-corrected chi connectivity index (χ2v) is 7.31. The van der Waals surface area contributed by atoms with Gasteiger partial charge in [-0.15, -0.1) is 0 Å². The van der Waals surface area contributed by atoms with Gasteiger partial charge >= 0.3 is 11.7 Å². The predicted molar refractivity (Wildman–Crippen MR) is 110 cm³/mol. The summed E-state index contributed by atoms with van der Waals surface area (Å²) in [5.41, 5.74) is 4.18. The van der Waals surface area contributed by atoms with Crippen molar-refractivity contribution in [2.75, 3.05) is 18.9 Å². The predicted octanol–water partition coefficient (Wildman–Crippen LogP) is 1.61. The van der Waals surface area contributed by atoms with E-state index < -0.39 is 34.3 Å². The number of aromatic nitrogens is 4. The Morgan fingerprint density at radius 3 is 2.10 bits per heavy atom. The van der Waals surface area contributed by atoms with Crippen molar-refractivity contribution >= 4 is 37.7 Å². The summed E-state index contributed by atoms with van der Waals surface area (Å²) in [5, 5.41) is 40.5. The number of aromatic hydroxyl groups is 4. The third kappa shape index (κ3) is 4.18. The summed E-state index contributed by atoms with van der Waals surface area (Å²) in [6.45, 7) is -0.206. The fraction of sp³-hybridized carbons (Fsp3) is 0.125. The Morgan fingerprint density at radius 2 is 1.50 bits per heavy atom. The van der Waals surface area contributed by atoms with Gasteiger partial charge in [-0.3, -0.25) is 4.98 Å². The van der Waals surface area contributed by atoms with Crippen LogP contribution in [0.5, 0.6) is 34.9 Å². The molecule has 0 fully saturated rings. The summed E-state index contributed by atoms with van der Waals surface area (Å²) in [7, 11) is 0. The Bertz CT molecular complexity index is 1130. The van der Waals surface area contributed by atoms with Crippen molar-refractivity contribution in [3.05, 3.63) is 31.8 Å². The number of nitrogens with one attached hydrogen (secondary N) is 1. The SMILES string of the molecule is Nc1[nH]c(=O)nc(OCCOc2ncc(Br)cn2)c1-c1c(O)c(O)c(Br)c(O)c1O. The number of ether oxygens (including phenoxy) is 2. The number of nitrogen functional groups attached to an aromatic ring is 1. The molecule has 12 nitrogen and oxygen atoms in total. The topological polar surface area (TPSA) is 197 Å². The molecule has 30 heavy (non-hydrogen) atoms. The number of nitrogens with two attached hydrogens (primary N) is 1. The van der Waals surface area contributed by atoms with E-state index in [2.05, 4.69) is 51.8 Å². The van der Waals surface area contributed by atoms with Gasteiger partial charge in [0.1, 0.15) is 23.5 Å². The number of nitrogens with zero attached hydrogens (tertiary/aromatic N) is 3. The van der Waals surface area contributed by atoms with Gasteiger partial charge in [0.25, 0.3) is 0 Å². The van der Waals surface area contributed by atoms with Gasteiger partial charge in [0.2, 0.25) is 5.88 Å². The summed E-state index contributed by atoms with van der Waals surface area (Å²) < 4.78 is 11.0. The Hall–Kier alpha value is -3.26. The minimum absolute atomic E-state index is 0.0513. The Morgan fingerprint density at radius 1 is 0.933 bits per heavy atom. The number of hydrogen-bond acceptors (Lipinski definition) is 11. The lowest BCUT2D eigenvalue weighted by molar-refractivity contribution is 0.201. The molecule has 0 unspecified atom stereocenters. The second kappa shape index (κ2) is 8.62. The standard InChI is InChI=1S/C16H13Br2N5O7/c17-5-3-20-16(21-4-5)30-2-1-29-14-7(13(19)22-15(28)23-14)6-9(24)11(26)8(18)12(27)10(6)25/h3-4,24-27H,1-2H2,(H3,19,22,23,28). The molecule has 3 rings (SSSR count). The molecule has 1 aromatic carbocycles. The summed E-state index contributed by atoms with van der Waals surface area (Å²) in [6, 6.07) is 0.0819. The van der Waals surface area contributed by atoms with Crippen molar-refractivity contribution in [1.82, 2.24) is 19.9 Å². The van der Waals surface area contributed by atoms with Crippen LogP contribution in [-0.2, 0) is 0 Å².